The van der Waals surface area contributed by atoms with Crippen molar-refractivity contribution < 1.29 is 24.6 Å². The molecule has 0 spiro atoms. The summed E-state index contributed by atoms with van der Waals surface area (Å²) in [6.07, 6.45) is 7.49. The highest BCUT2D eigenvalue weighted by molar-refractivity contribution is 6.02. The van der Waals surface area contributed by atoms with Gasteiger partial charge in [0.25, 0.3) is 0 Å². The normalized spacial score (nSPS) is 48.6. The van der Waals surface area contributed by atoms with Crippen LogP contribution in [0.1, 0.15) is 46.5 Å². The third-order valence-electron chi connectivity index (χ3n) is 8.41. The number of hydrogen-bond acceptors (Lipinski definition) is 5. The van der Waals surface area contributed by atoms with E-state index >= 15 is 0 Å². The van der Waals surface area contributed by atoms with E-state index in [4.69, 9.17) is 0 Å². The zero-order chi connectivity index (χ0) is 19.8. The summed E-state index contributed by atoms with van der Waals surface area (Å²) in [6.45, 7) is 5.05. The number of hydrogen-bond donors (Lipinski definition) is 2. The summed E-state index contributed by atoms with van der Waals surface area (Å²) in [7, 11) is 0. The molecule has 3 saturated carbocycles. The van der Waals surface area contributed by atoms with Crippen LogP contribution in [0.5, 0.6) is 0 Å². The predicted octanol–water partition coefficient (Wildman–Crippen LogP) is 2.01. The molecule has 27 heavy (non-hydrogen) atoms. The van der Waals surface area contributed by atoms with Crippen molar-refractivity contribution in [2.24, 2.45) is 34.5 Å². The van der Waals surface area contributed by atoms with Crippen molar-refractivity contribution >= 4 is 17.3 Å². The Morgan fingerprint density at radius 3 is 2.67 bits per heavy atom. The van der Waals surface area contributed by atoms with Crippen LogP contribution in [0.15, 0.2) is 23.8 Å². The van der Waals surface area contributed by atoms with Crippen LogP contribution in [0.3, 0.4) is 0 Å². The Morgan fingerprint density at radius 1 is 1.30 bits per heavy atom. The van der Waals surface area contributed by atoms with Crippen LogP contribution in [0.2, 0.25) is 0 Å². The minimum atomic E-state index is -1.66. The Bertz CT molecular complexity index is 795. The van der Waals surface area contributed by atoms with Crippen LogP contribution in [-0.4, -0.2) is 39.8 Å². The molecule has 4 rings (SSSR count). The van der Waals surface area contributed by atoms with Gasteiger partial charge in [0.05, 0.1) is 0 Å². The highest BCUT2D eigenvalue weighted by atomic mass is 16.3. The first-order valence-electron chi connectivity index (χ1n) is 9.93. The van der Waals surface area contributed by atoms with Crippen LogP contribution in [-0.2, 0) is 14.4 Å². The first-order chi connectivity index (χ1) is 12.6. The molecule has 4 aliphatic carbocycles. The Balaban J connectivity index is 1.79. The van der Waals surface area contributed by atoms with Gasteiger partial charge < -0.3 is 10.2 Å². The van der Waals surface area contributed by atoms with Gasteiger partial charge in [-0.15, -0.1) is 0 Å². The maximum Gasteiger partial charge on any atom is 0.190 e. The van der Waals surface area contributed by atoms with Gasteiger partial charge in [-0.1, -0.05) is 32.4 Å². The lowest BCUT2D eigenvalue weighted by Gasteiger charge is -2.56. The molecular weight excluding hydrogens is 344 g/mol. The molecule has 5 nitrogen and oxygen atoms in total. The number of carbonyl (C=O) groups is 3. The highest BCUT2D eigenvalue weighted by Crippen LogP contribution is 2.67. The van der Waals surface area contributed by atoms with Gasteiger partial charge >= 0.3 is 0 Å². The molecule has 0 heterocycles. The summed E-state index contributed by atoms with van der Waals surface area (Å²) in [5.41, 5.74) is -1.94. The molecule has 0 saturated heterocycles. The number of aliphatic hydroxyl groups excluding tert-OH is 1. The summed E-state index contributed by atoms with van der Waals surface area (Å²) in [4.78, 5) is 37.8. The van der Waals surface area contributed by atoms with Crippen LogP contribution < -0.4 is 0 Å². The summed E-state index contributed by atoms with van der Waals surface area (Å²) in [5.74, 6) is -0.947. The Morgan fingerprint density at radius 2 is 2.00 bits per heavy atom. The summed E-state index contributed by atoms with van der Waals surface area (Å²) in [5, 5.41) is 20.8. The van der Waals surface area contributed by atoms with Gasteiger partial charge in [-0.3, -0.25) is 14.4 Å². The number of aliphatic hydroxyl groups is 2. The van der Waals surface area contributed by atoms with Crippen LogP contribution in [0.4, 0.5) is 0 Å². The summed E-state index contributed by atoms with van der Waals surface area (Å²) >= 11 is 0. The lowest BCUT2D eigenvalue weighted by molar-refractivity contribution is -0.173. The molecule has 0 aliphatic heterocycles. The van der Waals surface area contributed by atoms with E-state index in [-0.39, 0.29) is 41.7 Å². The monoisotopic (exact) mass is 372 g/mol. The summed E-state index contributed by atoms with van der Waals surface area (Å²) < 4.78 is 0. The molecule has 3 fully saturated rings. The molecule has 0 unspecified atom stereocenters. The second-order valence-electron chi connectivity index (χ2n) is 9.52. The van der Waals surface area contributed by atoms with Gasteiger partial charge in [0.1, 0.15) is 18.0 Å². The molecule has 0 radical (unpaired) electrons. The molecule has 0 bridgehead atoms. The first-order valence-corrected chi connectivity index (χ1v) is 9.93. The quantitative estimate of drug-likeness (QED) is 0.774. The fraction of sp³-hybridized carbons (Fsp3) is 0.682. The third-order valence-corrected chi connectivity index (χ3v) is 8.41. The lowest BCUT2D eigenvalue weighted by atomic mass is 9.46. The smallest absolute Gasteiger partial charge is 0.190 e. The molecule has 5 heteroatoms. The van der Waals surface area contributed by atoms with Crippen molar-refractivity contribution in [2.45, 2.75) is 52.1 Å². The van der Waals surface area contributed by atoms with E-state index in [0.29, 0.717) is 6.42 Å². The highest BCUT2D eigenvalue weighted by Gasteiger charge is 2.70. The van der Waals surface area contributed by atoms with Gasteiger partial charge in [0.15, 0.2) is 11.6 Å². The molecule has 0 aromatic carbocycles. The predicted molar refractivity (Wildman–Crippen MR) is 98.6 cm³/mol. The largest absolute Gasteiger partial charge is 0.388 e. The minimum absolute atomic E-state index is 0.0218. The van der Waals surface area contributed by atoms with Gasteiger partial charge in [-0.05, 0) is 49.2 Å². The lowest BCUT2D eigenvalue weighted by Crippen LogP contribution is -2.61. The van der Waals surface area contributed by atoms with Gasteiger partial charge in [0, 0.05) is 23.2 Å². The van der Waals surface area contributed by atoms with E-state index in [1.54, 1.807) is 12.2 Å². The number of ketones is 3. The average Bonchev–Trinajstić information content (AvgIpc) is 2.82. The zero-order valence-corrected chi connectivity index (χ0v) is 16.2. The van der Waals surface area contributed by atoms with Gasteiger partial charge in [0.2, 0.25) is 0 Å². The molecule has 0 aromatic heterocycles. The second kappa shape index (κ2) is 5.71. The van der Waals surface area contributed by atoms with Crippen molar-refractivity contribution in [3.63, 3.8) is 0 Å². The van der Waals surface area contributed by atoms with E-state index in [2.05, 4.69) is 0 Å². The SMILES string of the molecule is C[C@H]1C[C@@H]2[C@H]3CCC4=CC(=O)C=C[C@]4(C)[C@@H]3C(=O)C[C@@]2(C)[C@]1(O)C(=O)CO. The molecular formula is C22H28O5. The van der Waals surface area contributed by atoms with Crippen LogP contribution in [0.25, 0.3) is 0 Å². The first kappa shape index (κ1) is 18.8. The van der Waals surface area contributed by atoms with Gasteiger partial charge in [-0.2, -0.15) is 0 Å². The fourth-order valence-electron chi connectivity index (χ4n) is 7.08. The molecule has 7 atom stereocenters. The number of carbonyl (C=O) groups excluding carboxylic acids is 3. The average molecular weight is 372 g/mol. The van der Waals surface area contributed by atoms with Crippen molar-refractivity contribution in [3.05, 3.63) is 23.8 Å². The fourth-order valence-corrected chi connectivity index (χ4v) is 7.08. The Labute approximate surface area is 159 Å². The van der Waals surface area contributed by atoms with E-state index in [1.807, 2.05) is 26.8 Å². The van der Waals surface area contributed by atoms with E-state index in [9.17, 15) is 24.6 Å². The topological polar surface area (TPSA) is 91.7 Å². The van der Waals surface area contributed by atoms with E-state index < -0.39 is 28.8 Å². The van der Waals surface area contributed by atoms with Crippen molar-refractivity contribution in [3.8, 4) is 0 Å². The number of rotatable bonds is 2. The number of allylic oxidation sites excluding steroid dienone is 4. The molecule has 4 aliphatic rings. The van der Waals surface area contributed by atoms with Crippen molar-refractivity contribution in [2.75, 3.05) is 6.61 Å². The standard InChI is InChI=1S/C22H28O5/c1-12-8-16-15-5-4-13-9-14(24)6-7-20(13,2)19(15)17(25)10-21(16,3)22(12,27)18(26)11-23/h6-7,9,12,15-16,19,23,27H,4-5,8,10-11H2,1-3H3/t12-,15+,16+,19-,20-,21+,22+/m0/s1. The number of fused-ring (bicyclic) bond motifs is 5. The minimum Gasteiger partial charge on any atom is -0.388 e. The Hall–Kier alpha value is -1.59. The van der Waals surface area contributed by atoms with Crippen molar-refractivity contribution in [1.29, 1.82) is 0 Å². The van der Waals surface area contributed by atoms with Crippen LogP contribution in [0, 0.1) is 34.5 Å². The molecule has 0 amide bonds. The molecule has 2 N–H and O–H groups in total. The summed E-state index contributed by atoms with van der Waals surface area (Å²) in [6, 6.07) is 0. The maximum absolute atomic E-state index is 13.4. The van der Waals surface area contributed by atoms with Crippen LogP contribution >= 0.6 is 0 Å². The zero-order valence-electron chi connectivity index (χ0n) is 16.2. The maximum atomic E-state index is 13.4. The van der Waals surface area contributed by atoms with Crippen molar-refractivity contribution in [1.82, 2.24) is 0 Å². The molecule has 0 aromatic rings. The molecule has 146 valence electrons. The van der Waals surface area contributed by atoms with E-state index in [0.717, 1.165) is 18.4 Å². The second-order valence-corrected chi connectivity index (χ2v) is 9.52. The van der Waals surface area contributed by atoms with E-state index in [1.165, 1.54) is 0 Å². The number of Topliss-reactive ketones (excluding diaryl/α,β-unsaturated/α-hetero) is 2. The third kappa shape index (κ3) is 2.16. The Kier molecular flexibility index (Phi) is 3.97. The van der Waals surface area contributed by atoms with Gasteiger partial charge in [-0.25, -0.2) is 0 Å².